The van der Waals surface area contributed by atoms with Crippen molar-refractivity contribution in [1.29, 1.82) is 0 Å². The van der Waals surface area contributed by atoms with Crippen molar-refractivity contribution in [3.63, 3.8) is 0 Å². The Hall–Kier alpha value is -3.95. The van der Waals surface area contributed by atoms with E-state index in [2.05, 4.69) is 5.32 Å². The van der Waals surface area contributed by atoms with E-state index in [1.807, 2.05) is 11.0 Å². The summed E-state index contributed by atoms with van der Waals surface area (Å²) in [6, 6.07) is 17.9. The molecule has 2 aliphatic rings. The second-order valence-electron chi connectivity index (χ2n) is 9.33. The van der Waals surface area contributed by atoms with Gasteiger partial charge < -0.3 is 24.8 Å². The Labute approximate surface area is 230 Å². The van der Waals surface area contributed by atoms with Crippen LogP contribution in [0.2, 0.25) is 5.02 Å². The number of nitrogens with zero attached hydrogens (tertiary/aromatic N) is 3. The molecule has 2 fully saturated rings. The molecular formula is C29H28ClFN4O4. The molecule has 3 aromatic rings. The number of benzene rings is 3. The van der Waals surface area contributed by atoms with Crippen molar-refractivity contribution in [2.24, 2.45) is 0 Å². The maximum atomic E-state index is 14.2. The fourth-order valence-corrected chi connectivity index (χ4v) is 5.02. The number of nitrogens with one attached hydrogen (secondary N) is 1. The number of anilines is 2. The van der Waals surface area contributed by atoms with Crippen LogP contribution in [0.15, 0.2) is 66.7 Å². The summed E-state index contributed by atoms with van der Waals surface area (Å²) in [7, 11) is 0. The quantitative estimate of drug-likeness (QED) is 0.516. The summed E-state index contributed by atoms with van der Waals surface area (Å²) in [4.78, 5) is 44.8. The second-order valence-corrected chi connectivity index (χ2v) is 9.74. The van der Waals surface area contributed by atoms with Crippen LogP contribution in [0.4, 0.5) is 15.8 Å². The highest BCUT2D eigenvalue weighted by atomic mass is 35.5. The molecule has 202 valence electrons. The molecule has 39 heavy (non-hydrogen) atoms. The molecule has 0 atom stereocenters. The van der Waals surface area contributed by atoms with Crippen LogP contribution < -0.4 is 10.2 Å². The predicted molar refractivity (Wildman–Crippen MR) is 147 cm³/mol. The fourth-order valence-electron chi connectivity index (χ4n) is 4.80. The topological polar surface area (TPSA) is 82.2 Å². The zero-order chi connectivity index (χ0) is 27.4. The molecule has 3 amide bonds. The van der Waals surface area contributed by atoms with Gasteiger partial charge in [-0.2, -0.15) is 0 Å². The molecule has 2 heterocycles. The van der Waals surface area contributed by atoms with Crippen LogP contribution in [0.3, 0.4) is 0 Å². The molecule has 3 aromatic carbocycles. The van der Waals surface area contributed by atoms with Crippen LogP contribution in [0.1, 0.15) is 31.1 Å². The molecule has 8 nitrogen and oxygen atoms in total. The van der Waals surface area contributed by atoms with Gasteiger partial charge >= 0.3 is 0 Å². The van der Waals surface area contributed by atoms with Gasteiger partial charge in [-0.15, -0.1) is 0 Å². The molecule has 0 radical (unpaired) electrons. The third-order valence-corrected chi connectivity index (χ3v) is 7.24. The van der Waals surface area contributed by atoms with Crippen molar-refractivity contribution in [1.82, 2.24) is 9.80 Å². The van der Waals surface area contributed by atoms with E-state index in [1.54, 1.807) is 58.3 Å². The van der Waals surface area contributed by atoms with Crippen LogP contribution in [-0.2, 0) is 4.74 Å². The molecule has 2 saturated heterocycles. The number of carbonyl (C=O) groups excluding carboxylic acids is 3. The number of rotatable bonds is 5. The first-order valence-electron chi connectivity index (χ1n) is 12.8. The molecule has 0 saturated carbocycles. The van der Waals surface area contributed by atoms with Crippen molar-refractivity contribution >= 4 is 40.7 Å². The Morgan fingerprint density at radius 2 is 1.36 bits per heavy atom. The third kappa shape index (κ3) is 5.89. The lowest BCUT2D eigenvalue weighted by Gasteiger charge is -2.37. The van der Waals surface area contributed by atoms with E-state index in [1.165, 1.54) is 12.1 Å². The zero-order valence-corrected chi connectivity index (χ0v) is 22.0. The van der Waals surface area contributed by atoms with Gasteiger partial charge in [0.2, 0.25) is 0 Å². The zero-order valence-electron chi connectivity index (χ0n) is 21.2. The number of ether oxygens (including phenoxy) is 1. The summed E-state index contributed by atoms with van der Waals surface area (Å²) >= 11 is 6.19. The van der Waals surface area contributed by atoms with Crippen LogP contribution in [0.5, 0.6) is 0 Å². The summed E-state index contributed by atoms with van der Waals surface area (Å²) in [5.41, 5.74) is 2.00. The SMILES string of the molecule is O=C(Nc1ccc(N2CCN(C(=O)c3ccccc3F)CC2)c(C(=O)N2CCOCC2)c1)c1ccccc1Cl. The van der Waals surface area contributed by atoms with Crippen molar-refractivity contribution in [3.05, 3.63) is 94.3 Å². The lowest BCUT2D eigenvalue weighted by molar-refractivity contribution is 0.0303. The first-order valence-corrected chi connectivity index (χ1v) is 13.2. The lowest BCUT2D eigenvalue weighted by atomic mass is 10.1. The molecular weight excluding hydrogens is 523 g/mol. The van der Waals surface area contributed by atoms with Crippen molar-refractivity contribution in [2.45, 2.75) is 0 Å². The standard InChI is InChI=1S/C29H28ClFN4O4/c30-24-7-3-1-5-21(24)27(36)32-20-9-10-26(23(19-20)29(38)35-15-17-39-18-16-35)33-11-13-34(14-12-33)28(37)22-6-2-4-8-25(22)31/h1-10,19H,11-18H2,(H,32,36). The van der Waals surface area contributed by atoms with E-state index >= 15 is 0 Å². The molecule has 1 N–H and O–H groups in total. The highest BCUT2D eigenvalue weighted by Crippen LogP contribution is 2.28. The third-order valence-electron chi connectivity index (χ3n) is 6.91. The molecule has 10 heteroatoms. The van der Waals surface area contributed by atoms with Crippen LogP contribution in [-0.4, -0.2) is 80.0 Å². The van der Waals surface area contributed by atoms with Gasteiger partial charge in [0.05, 0.1) is 34.9 Å². The van der Waals surface area contributed by atoms with Crippen LogP contribution in [0.25, 0.3) is 0 Å². The number of carbonyl (C=O) groups is 3. The van der Waals surface area contributed by atoms with E-state index < -0.39 is 5.82 Å². The van der Waals surface area contributed by atoms with Gasteiger partial charge in [-0.3, -0.25) is 14.4 Å². The Bertz CT molecular complexity index is 1390. The average molecular weight is 551 g/mol. The first kappa shape index (κ1) is 26.6. The minimum atomic E-state index is -0.544. The van der Waals surface area contributed by atoms with E-state index in [0.717, 1.165) is 0 Å². The van der Waals surface area contributed by atoms with Gasteiger partial charge in [-0.1, -0.05) is 35.9 Å². The Balaban J connectivity index is 1.37. The molecule has 0 bridgehead atoms. The number of halogens is 2. The van der Waals surface area contributed by atoms with E-state index in [9.17, 15) is 18.8 Å². The monoisotopic (exact) mass is 550 g/mol. The van der Waals surface area contributed by atoms with Crippen molar-refractivity contribution < 1.29 is 23.5 Å². The van der Waals surface area contributed by atoms with Crippen molar-refractivity contribution in [3.8, 4) is 0 Å². The van der Waals surface area contributed by atoms with Gasteiger partial charge in [0.15, 0.2) is 0 Å². The fraction of sp³-hybridized carbons (Fsp3) is 0.276. The summed E-state index contributed by atoms with van der Waals surface area (Å²) in [6.07, 6.45) is 0. The number of morpholine rings is 1. The van der Waals surface area contributed by atoms with Gasteiger partial charge in [0.1, 0.15) is 5.82 Å². The largest absolute Gasteiger partial charge is 0.378 e. The summed E-state index contributed by atoms with van der Waals surface area (Å²) in [5.74, 6) is -1.43. The second kappa shape index (κ2) is 11.8. The maximum Gasteiger partial charge on any atom is 0.257 e. The predicted octanol–water partition coefficient (Wildman–Crippen LogP) is 4.17. The number of piperazine rings is 1. The molecule has 2 aliphatic heterocycles. The smallest absolute Gasteiger partial charge is 0.257 e. The highest BCUT2D eigenvalue weighted by molar-refractivity contribution is 6.34. The summed E-state index contributed by atoms with van der Waals surface area (Å²) < 4.78 is 19.6. The minimum Gasteiger partial charge on any atom is -0.378 e. The van der Waals surface area contributed by atoms with Gasteiger partial charge in [0.25, 0.3) is 17.7 Å². The Morgan fingerprint density at radius 3 is 2.05 bits per heavy atom. The Kier molecular flexibility index (Phi) is 8.09. The minimum absolute atomic E-state index is 0.0488. The lowest BCUT2D eigenvalue weighted by Crippen LogP contribution is -2.49. The average Bonchev–Trinajstić information content (AvgIpc) is 2.97. The van der Waals surface area contributed by atoms with E-state index in [0.29, 0.717) is 80.0 Å². The number of hydrogen-bond donors (Lipinski definition) is 1. The number of hydrogen-bond acceptors (Lipinski definition) is 5. The molecule has 0 unspecified atom stereocenters. The molecule has 0 aromatic heterocycles. The van der Waals surface area contributed by atoms with Gasteiger partial charge in [-0.25, -0.2) is 4.39 Å². The van der Waals surface area contributed by atoms with Crippen LogP contribution in [0, 0.1) is 5.82 Å². The molecule has 0 aliphatic carbocycles. The number of amides is 3. The summed E-state index contributed by atoms with van der Waals surface area (Å²) in [6.45, 7) is 3.55. The molecule has 0 spiro atoms. The normalized spacial score (nSPS) is 15.7. The highest BCUT2D eigenvalue weighted by Gasteiger charge is 2.28. The van der Waals surface area contributed by atoms with Crippen molar-refractivity contribution in [2.75, 3.05) is 62.7 Å². The summed E-state index contributed by atoms with van der Waals surface area (Å²) in [5, 5.41) is 3.18. The van der Waals surface area contributed by atoms with Gasteiger partial charge in [0, 0.05) is 50.6 Å². The van der Waals surface area contributed by atoms with Crippen LogP contribution >= 0.6 is 11.6 Å². The first-order chi connectivity index (χ1) is 18.9. The maximum absolute atomic E-state index is 14.2. The van der Waals surface area contributed by atoms with E-state index in [-0.39, 0.29) is 23.3 Å². The Morgan fingerprint density at radius 1 is 0.744 bits per heavy atom. The van der Waals surface area contributed by atoms with Gasteiger partial charge in [-0.05, 0) is 42.5 Å². The van der Waals surface area contributed by atoms with E-state index in [4.69, 9.17) is 16.3 Å². The molecule has 5 rings (SSSR count).